The van der Waals surface area contributed by atoms with Crippen LogP contribution in [0.4, 0.5) is 34.6 Å². The number of fused-ring (bicyclic) bond motifs is 2. The van der Waals surface area contributed by atoms with Crippen LogP contribution in [0.2, 0.25) is 0 Å². The minimum atomic E-state index is -5.22. The average Bonchev–Trinajstić information content (AvgIpc) is 3.54. The molecule has 2 heterocycles. The van der Waals surface area contributed by atoms with Gasteiger partial charge in [0.2, 0.25) is 0 Å². The Labute approximate surface area is 225 Å². The molecule has 8 nitrogen and oxygen atoms in total. The van der Waals surface area contributed by atoms with Crippen LogP contribution in [0.3, 0.4) is 0 Å². The molecule has 3 aromatic carbocycles. The maximum atomic E-state index is 14.5. The van der Waals surface area contributed by atoms with Crippen LogP contribution in [0.15, 0.2) is 54.6 Å². The number of nitrogens with zero attached hydrogens (tertiary/aromatic N) is 2. The van der Waals surface area contributed by atoms with Crippen LogP contribution in [0.1, 0.15) is 35.6 Å². The van der Waals surface area contributed by atoms with Crippen molar-refractivity contribution in [1.29, 1.82) is 5.26 Å². The molecule has 0 saturated heterocycles. The van der Waals surface area contributed by atoms with Crippen LogP contribution in [0.25, 0.3) is 0 Å². The van der Waals surface area contributed by atoms with Gasteiger partial charge in [-0.05, 0) is 30.3 Å². The number of rotatable bonds is 6. The number of amides is 1. The molecule has 1 amide bonds. The topological polar surface area (TPSA) is 112 Å². The lowest BCUT2D eigenvalue weighted by Crippen LogP contribution is -2.44. The second-order valence-corrected chi connectivity index (χ2v) is 9.42. The van der Waals surface area contributed by atoms with Crippen LogP contribution in [0.5, 0.6) is 11.5 Å². The van der Waals surface area contributed by atoms with Crippen LogP contribution < -0.4 is 19.7 Å². The van der Waals surface area contributed by atoms with Gasteiger partial charge in [-0.25, -0.2) is 4.39 Å². The summed E-state index contributed by atoms with van der Waals surface area (Å²) in [4.78, 5) is 24.8. The van der Waals surface area contributed by atoms with Gasteiger partial charge in [-0.1, -0.05) is 25.1 Å². The Kier molecular flexibility index (Phi) is 6.75. The molecular formula is C28H21F4N3O5. The summed E-state index contributed by atoms with van der Waals surface area (Å²) in [6, 6.07) is 13.1. The number of alkyl halides is 3. The number of hydrogen-bond acceptors (Lipinski definition) is 6. The van der Waals surface area contributed by atoms with Crippen molar-refractivity contribution in [2.75, 3.05) is 23.4 Å². The molecule has 0 spiro atoms. The molecule has 0 aromatic heterocycles. The van der Waals surface area contributed by atoms with E-state index in [-0.39, 0.29) is 52.9 Å². The summed E-state index contributed by atoms with van der Waals surface area (Å²) < 4.78 is 67.3. The number of carboxylic acid groups (broad SMARTS) is 1. The highest BCUT2D eigenvalue weighted by molar-refractivity contribution is 5.98. The molecular weight excluding hydrogens is 534 g/mol. The van der Waals surface area contributed by atoms with Gasteiger partial charge in [0.15, 0.2) is 0 Å². The summed E-state index contributed by atoms with van der Waals surface area (Å²) in [5, 5.41) is 21.2. The second-order valence-electron chi connectivity index (χ2n) is 9.42. The van der Waals surface area contributed by atoms with Crippen molar-refractivity contribution in [2.45, 2.75) is 25.1 Å². The minimum absolute atomic E-state index is 0.0172. The van der Waals surface area contributed by atoms with Crippen molar-refractivity contribution in [3.05, 3.63) is 77.1 Å². The third-order valence-corrected chi connectivity index (χ3v) is 7.02. The van der Waals surface area contributed by atoms with E-state index in [1.165, 1.54) is 49.4 Å². The number of para-hydroxylation sites is 1. The first-order chi connectivity index (χ1) is 19.0. The fourth-order valence-electron chi connectivity index (χ4n) is 4.91. The molecule has 0 bridgehead atoms. The van der Waals surface area contributed by atoms with Crippen LogP contribution in [-0.4, -0.2) is 36.4 Å². The summed E-state index contributed by atoms with van der Waals surface area (Å²) in [6.45, 7) is 1.24. The molecule has 12 heteroatoms. The zero-order valence-electron chi connectivity index (χ0n) is 20.8. The predicted octanol–water partition coefficient (Wildman–Crippen LogP) is 5.67. The zero-order chi connectivity index (χ0) is 28.8. The van der Waals surface area contributed by atoms with E-state index in [0.29, 0.717) is 10.5 Å². The van der Waals surface area contributed by atoms with Gasteiger partial charge in [0.05, 0.1) is 41.6 Å². The van der Waals surface area contributed by atoms with E-state index in [0.717, 1.165) is 6.07 Å². The molecule has 5 rings (SSSR count). The molecule has 0 saturated carbocycles. The molecule has 2 N–H and O–H groups in total. The van der Waals surface area contributed by atoms with Gasteiger partial charge < -0.3 is 19.9 Å². The first-order valence-corrected chi connectivity index (χ1v) is 12.1. The molecule has 206 valence electrons. The number of carboxylic acids is 1. The maximum Gasteiger partial charge on any atom is 0.471 e. The Bertz CT molecular complexity index is 1550. The van der Waals surface area contributed by atoms with Crippen molar-refractivity contribution in [3.63, 3.8) is 0 Å². The number of carbonyl (C=O) groups is 2. The normalized spacial score (nSPS) is 18.0. The summed E-state index contributed by atoms with van der Waals surface area (Å²) in [6.07, 6.45) is -5.22. The number of aliphatic carboxylic acids is 1. The minimum Gasteiger partial charge on any atom is -0.493 e. The number of hydrogen-bond donors (Lipinski definition) is 2. The summed E-state index contributed by atoms with van der Waals surface area (Å²) >= 11 is 0. The fraction of sp³-hybridized carbons (Fsp3) is 0.250. The van der Waals surface area contributed by atoms with Crippen molar-refractivity contribution in [2.24, 2.45) is 5.92 Å². The van der Waals surface area contributed by atoms with Gasteiger partial charge in [-0.2, -0.15) is 18.4 Å². The van der Waals surface area contributed by atoms with Gasteiger partial charge in [0.25, 0.3) is 0 Å². The lowest BCUT2D eigenvalue weighted by molar-refractivity contribution is -0.171. The lowest BCUT2D eigenvalue weighted by atomic mass is 9.89. The maximum absolute atomic E-state index is 14.5. The van der Waals surface area contributed by atoms with Gasteiger partial charge in [0.1, 0.15) is 23.9 Å². The molecule has 0 radical (unpaired) electrons. The molecule has 3 atom stereocenters. The fourth-order valence-corrected chi connectivity index (χ4v) is 4.91. The number of ether oxygens (including phenoxy) is 2. The summed E-state index contributed by atoms with van der Waals surface area (Å²) in [7, 11) is 0. The molecule has 2 aliphatic rings. The quantitative estimate of drug-likeness (QED) is 0.377. The number of nitriles is 1. The first-order valence-electron chi connectivity index (χ1n) is 12.1. The molecule has 0 aliphatic carbocycles. The lowest BCUT2D eigenvalue weighted by Gasteiger charge is -2.29. The highest BCUT2D eigenvalue weighted by atomic mass is 19.4. The molecule has 3 aromatic rings. The first kappa shape index (κ1) is 26.8. The van der Waals surface area contributed by atoms with Crippen molar-refractivity contribution >= 4 is 28.9 Å². The Hall–Kier alpha value is -4.79. The van der Waals surface area contributed by atoms with Crippen molar-refractivity contribution in [3.8, 4) is 17.6 Å². The van der Waals surface area contributed by atoms with E-state index < -0.39 is 41.7 Å². The number of nitrogens with one attached hydrogen (secondary N) is 1. The van der Waals surface area contributed by atoms with Crippen LogP contribution in [-0.2, 0) is 9.59 Å². The number of carbonyl (C=O) groups excluding carboxylic acids is 1. The number of halogens is 4. The van der Waals surface area contributed by atoms with Gasteiger partial charge in [-0.3, -0.25) is 14.5 Å². The number of anilines is 3. The molecule has 1 unspecified atom stereocenters. The van der Waals surface area contributed by atoms with Gasteiger partial charge in [-0.15, -0.1) is 0 Å². The smallest absolute Gasteiger partial charge is 0.471 e. The standard InChI is InChI=1S/C28H21F4N3O5/c1-14(26(36)37)19-12-39-24-10-16(6-7-17(19)24)35(27(38)28(30,31)32)23-13-40-25-18(23)3-2-4-22(25)34-21-8-5-15(11-33)9-20(21)29/h2-10,14,19,23,34H,12-13H2,1H3,(H,36,37)/t14?,19-,23+/m0/s1. The average molecular weight is 555 g/mol. The second kappa shape index (κ2) is 10.1. The molecule has 2 aliphatic heterocycles. The summed E-state index contributed by atoms with van der Waals surface area (Å²) in [5.74, 6) is -4.83. The summed E-state index contributed by atoms with van der Waals surface area (Å²) in [5.41, 5.74) is 1.06. The van der Waals surface area contributed by atoms with E-state index >= 15 is 0 Å². The SMILES string of the molecule is CC(C(=O)O)[C@@H]1COc2cc(N(C(=O)C(F)(F)F)[C@@H]3COc4c(Nc5ccc(C#N)cc5F)cccc43)ccc21. The largest absolute Gasteiger partial charge is 0.493 e. The van der Waals surface area contributed by atoms with Crippen molar-refractivity contribution < 1.29 is 41.7 Å². The van der Waals surface area contributed by atoms with E-state index in [4.69, 9.17) is 14.7 Å². The van der Waals surface area contributed by atoms with Gasteiger partial charge >= 0.3 is 18.1 Å². The number of benzene rings is 3. The molecule has 40 heavy (non-hydrogen) atoms. The van der Waals surface area contributed by atoms with E-state index in [2.05, 4.69) is 5.32 Å². The zero-order valence-corrected chi connectivity index (χ0v) is 20.8. The van der Waals surface area contributed by atoms with Crippen LogP contribution >= 0.6 is 0 Å². The predicted molar refractivity (Wildman–Crippen MR) is 134 cm³/mol. The third-order valence-electron chi connectivity index (χ3n) is 7.02. The van der Waals surface area contributed by atoms with E-state index in [1.54, 1.807) is 6.07 Å². The van der Waals surface area contributed by atoms with Gasteiger partial charge in [0, 0.05) is 28.8 Å². The Morgan fingerprint density at radius 1 is 1.07 bits per heavy atom. The van der Waals surface area contributed by atoms with Crippen molar-refractivity contribution in [1.82, 2.24) is 0 Å². The Balaban J connectivity index is 1.52. The Morgan fingerprint density at radius 2 is 1.85 bits per heavy atom. The highest BCUT2D eigenvalue weighted by Gasteiger charge is 2.48. The van der Waals surface area contributed by atoms with E-state index in [1.807, 2.05) is 6.07 Å². The molecule has 0 fully saturated rings. The third kappa shape index (κ3) is 4.75. The Morgan fingerprint density at radius 3 is 2.52 bits per heavy atom. The van der Waals surface area contributed by atoms with E-state index in [9.17, 15) is 32.3 Å². The van der Waals surface area contributed by atoms with Crippen LogP contribution in [0, 0.1) is 23.1 Å². The monoisotopic (exact) mass is 555 g/mol. The highest BCUT2D eigenvalue weighted by Crippen LogP contribution is 2.47.